The van der Waals surface area contributed by atoms with E-state index < -0.39 is 11.7 Å². The third-order valence-corrected chi connectivity index (χ3v) is 4.84. The zero-order chi connectivity index (χ0) is 22.7. The first kappa shape index (κ1) is 20.9. The van der Waals surface area contributed by atoms with E-state index in [9.17, 15) is 14.0 Å². The molecule has 1 heterocycles. The molecule has 160 valence electrons. The summed E-state index contributed by atoms with van der Waals surface area (Å²) < 4.78 is 15.5. The van der Waals surface area contributed by atoms with E-state index in [1.165, 1.54) is 22.9 Å². The van der Waals surface area contributed by atoms with E-state index >= 15 is 0 Å². The summed E-state index contributed by atoms with van der Waals surface area (Å²) in [5, 5.41) is 16.6. The van der Waals surface area contributed by atoms with Crippen LogP contribution in [0.4, 0.5) is 15.8 Å². The first-order valence-electron chi connectivity index (χ1n) is 9.75. The number of halogens is 1. The van der Waals surface area contributed by atoms with Gasteiger partial charge in [-0.3, -0.25) is 9.59 Å². The molecular weight excluding hydrogens is 411 g/mol. The van der Waals surface area contributed by atoms with Crippen LogP contribution in [0.5, 0.6) is 0 Å². The maximum Gasteiger partial charge on any atom is 0.255 e. The van der Waals surface area contributed by atoms with Crippen molar-refractivity contribution in [3.05, 3.63) is 95.1 Å². The van der Waals surface area contributed by atoms with Crippen LogP contribution < -0.4 is 10.6 Å². The van der Waals surface area contributed by atoms with Gasteiger partial charge in [0.05, 0.1) is 0 Å². The summed E-state index contributed by atoms with van der Waals surface area (Å²) >= 11 is 0. The van der Waals surface area contributed by atoms with Gasteiger partial charge in [0.25, 0.3) is 11.8 Å². The molecule has 0 aliphatic carbocycles. The average Bonchev–Trinajstić information content (AvgIpc) is 3.22. The average molecular weight is 430 g/mol. The fourth-order valence-electron chi connectivity index (χ4n) is 3.09. The number of nitrogens with one attached hydrogen (secondary N) is 2. The lowest BCUT2D eigenvalue weighted by molar-refractivity contribution is 0.101. The molecule has 0 saturated carbocycles. The maximum atomic E-state index is 14.3. The van der Waals surface area contributed by atoms with Gasteiger partial charge in [0.2, 0.25) is 0 Å². The number of aromatic nitrogens is 4. The molecule has 0 bridgehead atoms. The molecular formula is C23H19FN6O2. The summed E-state index contributed by atoms with van der Waals surface area (Å²) in [6.07, 6.45) is 0. The highest BCUT2D eigenvalue weighted by Gasteiger charge is 2.14. The summed E-state index contributed by atoms with van der Waals surface area (Å²) in [7, 11) is 0. The summed E-state index contributed by atoms with van der Waals surface area (Å²) in [5.74, 6) is -0.804. The maximum absolute atomic E-state index is 14.3. The predicted molar refractivity (Wildman–Crippen MR) is 117 cm³/mol. The second-order valence-corrected chi connectivity index (χ2v) is 7.11. The van der Waals surface area contributed by atoms with Crippen molar-refractivity contribution in [3.8, 4) is 5.69 Å². The van der Waals surface area contributed by atoms with Crippen molar-refractivity contribution in [2.45, 2.75) is 13.8 Å². The molecule has 0 aliphatic heterocycles. The van der Waals surface area contributed by atoms with E-state index in [1.54, 1.807) is 49.4 Å². The summed E-state index contributed by atoms with van der Waals surface area (Å²) in [6, 6.07) is 17.9. The van der Waals surface area contributed by atoms with Gasteiger partial charge in [-0.1, -0.05) is 24.3 Å². The van der Waals surface area contributed by atoms with Crippen LogP contribution in [0.15, 0.2) is 66.7 Å². The van der Waals surface area contributed by atoms with Crippen molar-refractivity contribution in [2.24, 2.45) is 0 Å². The summed E-state index contributed by atoms with van der Waals surface area (Å²) in [4.78, 5) is 25.3. The third kappa shape index (κ3) is 4.36. The smallest absolute Gasteiger partial charge is 0.255 e. The van der Waals surface area contributed by atoms with Crippen molar-refractivity contribution >= 4 is 23.2 Å². The highest BCUT2D eigenvalue weighted by atomic mass is 19.1. The molecule has 4 aromatic rings. The molecule has 0 fully saturated rings. The second kappa shape index (κ2) is 8.76. The molecule has 0 aliphatic rings. The minimum atomic E-state index is -0.528. The van der Waals surface area contributed by atoms with Gasteiger partial charge in [-0.25, -0.2) is 4.39 Å². The Morgan fingerprint density at radius 2 is 1.62 bits per heavy atom. The van der Waals surface area contributed by atoms with Crippen LogP contribution in [0.25, 0.3) is 5.69 Å². The number of hydrogen-bond donors (Lipinski definition) is 2. The number of aryl methyl sites for hydroxylation is 2. The molecule has 0 radical (unpaired) electrons. The van der Waals surface area contributed by atoms with Crippen molar-refractivity contribution in [1.29, 1.82) is 0 Å². The van der Waals surface area contributed by atoms with Crippen LogP contribution in [0, 0.1) is 19.7 Å². The standard InChI is InChI=1S/C23H19FN6O2/c1-14-8-9-17(12-20(14)26-22(31)16-6-4-3-5-7-16)23(32)25-18-10-11-19(24)21(13-18)30-15(2)27-28-29-30/h3-13H,1-2H3,(H,25,32)(H,26,31). The molecule has 3 aromatic carbocycles. The third-order valence-electron chi connectivity index (χ3n) is 4.84. The summed E-state index contributed by atoms with van der Waals surface area (Å²) in [6.45, 7) is 3.48. The lowest BCUT2D eigenvalue weighted by Gasteiger charge is -2.12. The minimum Gasteiger partial charge on any atom is -0.322 e. The Hall–Kier alpha value is -4.40. The topological polar surface area (TPSA) is 102 Å². The molecule has 9 heteroatoms. The van der Waals surface area contributed by atoms with E-state index in [0.717, 1.165) is 5.56 Å². The van der Waals surface area contributed by atoms with Crippen molar-refractivity contribution < 1.29 is 14.0 Å². The molecule has 32 heavy (non-hydrogen) atoms. The number of carbonyl (C=O) groups excluding carboxylic acids is 2. The minimum absolute atomic E-state index is 0.116. The fraction of sp³-hybridized carbons (Fsp3) is 0.0870. The van der Waals surface area contributed by atoms with Gasteiger partial charge in [-0.15, -0.1) is 5.10 Å². The van der Waals surface area contributed by atoms with Crippen LogP contribution in [0.1, 0.15) is 32.1 Å². The molecule has 2 amide bonds. The molecule has 1 aromatic heterocycles. The number of carbonyl (C=O) groups is 2. The van der Waals surface area contributed by atoms with Gasteiger partial charge in [-0.05, 0) is 72.3 Å². The Morgan fingerprint density at radius 3 is 2.34 bits per heavy atom. The number of anilines is 2. The van der Waals surface area contributed by atoms with Crippen LogP contribution in [-0.2, 0) is 0 Å². The molecule has 8 nitrogen and oxygen atoms in total. The van der Waals surface area contributed by atoms with Gasteiger partial charge in [-0.2, -0.15) is 4.68 Å². The number of tetrazole rings is 1. The molecule has 0 saturated heterocycles. The lowest BCUT2D eigenvalue weighted by atomic mass is 10.1. The Morgan fingerprint density at radius 1 is 0.875 bits per heavy atom. The lowest BCUT2D eigenvalue weighted by Crippen LogP contribution is -2.16. The highest BCUT2D eigenvalue weighted by Crippen LogP contribution is 2.22. The molecule has 2 N–H and O–H groups in total. The SMILES string of the molecule is Cc1ccc(C(=O)Nc2ccc(F)c(-n3nnnc3C)c2)cc1NC(=O)c1ccccc1. The number of nitrogens with zero attached hydrogens (tertiary/aromatic N) is 4. The van der Waals surface area contributed by atoms with Crippen molar-refractivity contribution in [3.63, 3.8) is 0 Å². The molecule has 0 atom stereocenters. The normalized spacial score (nSPS) is 10.6. The van der Waals surface area contributed by atoms with Crippen LogP contribution in [-0.4, -0.2) is 32.0 Å². The van der Waals surface area contributed by atoms with E-state index in [1.807, 2.05) is 13.0 Å². The van der Waals surface area contributed by atoms with E-state index in [0.29, 0.717) is 28.3 Å². The Balaban J connectivity index is 1.55. The van der Waals surface area contributed by atoms with Gasteiger partial charge >= 0.3 is 0 Å². The zero-order valence-corrected chi connectivity index (χ0v) is 17.3. The fourth-order valence-corrected chi connectivity index (χ4v) is 3.09. The number of hydrogen-bond acceptors (Lipinski definition) is 5. The number of rotatable bonds is 5. The van der Waals surface area contributed by atoms with Gasteiger partial charge in [0, 0.05) is 22.5 Å². The predicted octanol–water partition coefficient (Wildman–Crippen LogP) is 3.92. The van der Waals surface area contributed by atoms with E-state index in [-0.39, 0.29) is 11.6 Å². The second-order valence-electron chi connectivity index (χ2n) is 7.11. The van der Waals surface area contributed by atoms with E-state index in [2.05, 4.69) is 26.2 Å². The molecule has 4 rings (SSSR count). The highest BCUT2D eigenvalue weighted by molar-refractivity contribution is 6.07. The molecule has 0 spiro atoms. The van der Waals surface area contributed by atoms with Crippen molar-refractivity contribution in [1.82, 2.24) is 20.2 Å². The largest absolute Gasteiger partial charge is 0.322 e. The number of amides is 2. The Kier molecular flexibility index (Phi) is 5.71. The van der Waals surface area contributed by atoms with Gasteiger partial charge in [0.1, 0.15) is 11.5 Å². The van der Waals surface area contributed by atoms with E-state index in [4.69, 9.17) is 0 Å². The van der Waals surface area contributed by atoms with Crippen LogP contribution in [0.3, 0.4) is 0 Å². The molecule has 0 unspecified atom stereocenters. The van der Waals surface area contributed by atoms with Gasteiger partial charge < -0.3 is 10.6 Å². The monoisotopic (exact) mass is 430 g/mol. The quantitative estimate of drug-likeness (QED) is 0.500. The Labute approximate surface area is 183 Å². The summed E-state index contributed by atoms with van der Waals surface area (Å²) in [5.41, 5.74) is 2.67. The first-order chi connectivity index (χ1) is 15.4. The van der Waals surface area contributed by atoms with Crippen LogP contribution >= 0.6 is 0 Å². The Bertz CT molecular complexity index is 1300. The zero-order valence-electron chi connectivity index (χ0n) is 17.3. The van der Waals surface area contributed by atoms with Gasteiger partial charge in [0.15, 0.2) is 5.82 Å². The first-order valence-corrected chi connectivity index (χ1v) is 9.75. The van der Waals surface area contributed by atoms with Crippen molar-refractivity contribution in [2.75, 3.05) is 10.6 Å². The van der Waals surface area contributed by atoms with Crippen LogP contribution in [0.2, 0.25) is 0 Å². The number of benzene rings is 3.